The van der Waals surface area contributed by atoms with Crippen LogP contribution in [0.2, 0.25) is 0 Å². The SMILES string of the molecule is CCCCCCCCCCCCCC.c1ccc2c(-c3cccc4ccccc34)cccc2c1. The lowest BCUT2D eigenvalue weighted by Crippen LogP contribution is -1.83. The summed E-state index contributed by atoms with van der Waals surface area (Å²) in [7, 11) is 0. The molecule has 0 aliphatic rings. The normalized spacial score (nSPS) is 10.9. The van der Waals surface area contributed by atoms with Crippen molar-refractivity contribution in [1.82, 2.24) is 0 Å². The average Bonchev–Trinajstić information content (AvgIpc) is 2.89. The van der Waals surface area contributed by atoms with Crippen molar-refractivity contribution in [2.24, 2.45) is 0 Å². The summed E-state index contributed by atoms with van der Waals surface area (Å²) < 4.78 is 0. The van der Waals surface area contributed by atoms with E-state index in [4.69, 9.17) is 0 Å². The molecule has 180 valence electrons. The first-order chi connectivity index (χ1) is 16.8. The van der Waals surface area contributed by atoms with E-state index in [1.54, 1.807) is 0 Å². The molecule has 0 aromatic heterocycles. The van der Waals surface area contributed by atoms with E-state index in [1.165, 1.54) is 110 Å². The van der Waals surface area contributed by atoms with Crippen molar-refractivity contribution in [2.75, 3.05) is 0 Å². The van der Waals surface area contributed by atoms with Gasteiger partial charge in [-0.25, -0.2) is 0 Å². The van der Waals surface area contributed by atoms with Crippen molar-refractivity contribution in [3.8, 4) is 11.1 Å². The molecule has 0 fully saturated rings. The van der Waals surface area contributed by atoms with Crippen LogP contribution in [0, 0.1) is 0 Å². The third kappa shape index (κ3) is 8.01. The van der Waals surface area contributed by atoms with Crippen LogP contribution in [0.15, 0.2) is 84.9 Å². The van der Waals surface area contributed by atoms with Crippen molar-refractivity contribution in [2.45, 2.75) is 90.9 Å². The van der Waals surface area contributed by atoms with Crippen molar-refractivity contribution in [3.05, 3.63) is 84.9 Å². The van der Waals surface area contributed by atoms with Crippen LogP contribution < -0.4 is 0 Å². The van der Waals surface area contributed by atoms with Crippen LogP contribution in [0.3, 0.4) is 0 Å². The van der Waals surface area contributed by atoms with E-state index < -0.39 is 0 Å². The lowest BCUT2D eigenvalue weighted by Gasteiger charge is -2.10. The zero-order valence-corrected chi connectivity index (χ0v) is 21.6. The van der Waals surface area contributed by atoms with E-state index in [0.717, 1.165) is 0 Å². The highest BCUT2D eigenvalue weighted by atomic mass is 14.1. The van der Waals surface area contributed by atoms with Gasteiger partial charge in [-0.3, -0.25) is 0 Å². The number of hydrogen-bond donors (Lipinski definition) is 0. The summed E-state index contributed by atoms with van der Waals surface area (Å²) in [6.45, 7) is 4.57. The summed E-state index contributed by atoms with van der Waals surface area (Å²) >= 11 is 0. The summed E-state index contributed by atoms with van der Waals surface area (Å²) in [5, 5.41) is 5.20. The molecule has 0 N–H and O–H groups in total. The molecule has 0 spiro atoms. The van der Waals surface area contributed by atoms with Crippen LogP contribution in [0.4, 0.5) is 0 Å². The third-order valence-corrected chi connectivity index (χ3v) is 6.83. The maximum atomic E-state index is 2.29. The standard InChI is InChI=1S/C20H14.C14H30/c1-3-11-17-15(7-1)9-5-13-19(17)20-14-6-10-16-8-2-4-12-18(16)20;1-3-5-7-9-11-13-14-12-10-8-6-4-2/h1-14H;3-14H2,1-2H3. The molecule has 0 saturated heterocycles. The van der Waals surface area contributed by atoms with Gasteiger partial charge < -0.3 is 0 Å². The topological polar surface area (TPSA) is 0 Å². The van der Waals surface area contributed by atoms with Gasteiger partial charge >= 0.3 is 0 Å². The Morgan fingerprint density at radius 2 is 0.676 bits per heavy atom. The van der Waals surface area contributed by atoms with Crippen molar-refractivity contribution >= 4 is 21.5 Å². The van der Waals surface area contributed by atoms with Crippen LogP contribution in [-0.2, 0) is 0 Å². The fourth-order valence-corrected chi connectivity index (χ4v) is 4.83. The molecule has 0 saturated carbocycles. The maximum Gasteiger partial charge on any atom is -0.00992 e. The molecular formula is C34H44. The van der Waals surface area contributed by atoms with Crippen LogP contribution in [0.25, 0.3) is 32.7 Å². The highest BCUT2D eigenvalue weighted by Gasteiger charge is 2.06. The van der Waals surface area contributed by atoms with E-state index in [-0.39, 0.29) is 0 Å². The van der Waals surface area contributed by atoms with E-state index in [1.807, 2.05) is 0 Å². The number of hydrogen-bond acceptors (Lipinski definition) is 0. The maximum absolute atomic E-state index is 2.29. The lowest BCUT2D eigenvalue weighted by atomic mass is 9.94. The van der Waals surface area contributed by atoms with Gasteiger partial charge in [-0.15, -0.1) is 0 Å². The van der Waals surface area contributed by atoms with Crippen LogP contribution in [0.5, 0.6) is 0 Å². The van der Waals surface area contributed by atoms with Gasteiger partial charge in [-0.2, -0.15) is 0 Å². The molecule has 4 aromatic rings. The second-order valence-corrected chi connectivity index (χ2v) is 9.59. The van der Waals surface area contributed by atoms with Gasteiger partial charge in [0.25, 0.3) is 0 Å². The Kier molecular flexibility index (Phi) is 11.7. The predicted molar refractivity (Wildman–Crippen MR) is 154 cm³/mol. The largest absolute Gasteiger partial charge is 0.0654 e. The lowest BCUT2D eigenvalue weighted by molar-refractivity contribution is 0.548. The fraction of sp³-hybridized carbons (Fsp3) is 0.412. The smallest absolute Gasteiger partial charge is 0.00992 e. The minimum Gasteiger partial charge on any atom is -0.0654 e. The van der Waals surface area contributed by atoms with Gasteiger partial charge in [0.1, 0.15) is 0 Å². The summed E-state index contributed by atoms with van der Waals surface area (Å²) in [5.41, 5.74) is 2.61. The molecule has 4 aromatic carbocycles. The molecular weight excluding hydrogens is 408 g/mol. The second-order valence-electron chi connectivity index (χ2n) is 9.59. The molecule has 0 nitrogen and oxygen atoms in total. The van der Waals surface area contributed by atoms with Gasteiger partial charge in [-0.05, 0) is 32.7 Å². The Morgan fingerprint density at radius 1 is 0.353 bits per heavy atom. The molecule has 0 aliphatic heterocycles. The molecule has 34 heavy (non-hydrogen) atoms. The Labute approximate surface area is 208 Å². The minimum atomic E-state index is 1.29. The van der Waals surface area contributed by atoms with Gasteiger partial charge in [0.05, 0.1) is 0 Å². The molecule has 0 atom stereocenters. The molecule has 0 aliphatic carbocycles. The van der Waals surface area contributed by atoms with E-state index >= 15 is 0 Å². The van der Waals surface area contributed by atoms with Gasteiger partial charge in [-0.1, -0.05) is 176 Å². The quantitative estimate of drug-likeness (QED) is 0.187. The molecule has 0 radical (unpaired) electrons. The summed E-state index contributed by atoms with van der Waals surface area (Å²) in [4.78, 5) is 0. The number of rotatable bonds is 12. The summed E-state index contributed by atoms with van der Waals surface area (Å²) in [6.07, 6.45) is 17.4. The molecule has 0 amide bonds. The average molecular weight is 453 g/mol. The second kappa shape index (κ2) is 15.3. The van der Waals surface area contributed by atoms with Crippen molar-refractivity contribution < 1.29 is 0 Å². The van der Waals surface area contributed by atoms with E-state index in [2.05, 4.69) is 98.8 Å². The van der Waals surface area contributed by atoms with Crippen LogP contribution in [-0.4, -0.2) is 0 Å². The van der Waals surface area contributed by atoms with Crippen LogP contribution >= 0.6 is 0 Å². The summed E-state index contributed by atoms with van der Waals surface area (Å²) in [6, 6.07) is 30.2. The highest BCUT2D eigenvalue weighted by molar-refractivity contribution is 6.05. The molecule has 0 bridgehead atoms. The zero-order valence-electron chi connectivity index (χ0n) is 21.6. The molecule has 4 rings (SSSR count). The first kappa shape index (κ1) is 26.0. The summed E-state index contributed by atoms with van der Waals surface area (Å²) in [5.74, 6) is 0. The number of fused-ring (bicyclic) bond motifs is 2. The van der Waals surface area contributed by atoms with Crippen LogP contribution in [0.1, 0.15) is 90.9 Å². The Morgan fingerprint density at radius 3 is 1.06 bits per heavy atom. The minimum absolute atomic E-state index is 1.29. The highest BCUT2D eigenvalue weighted by Crippen LogP contribution is 2.33. The van der Waals surface area contributed by atoms with Crippen molar-refractivity contribution in [1.29, 1.82) is 0 Å². The van der Waals surface area contributed by atoms with Gasteiger partial charge in [0.2, 0.25) is 0 Å². The van der Waals surface area contributed by atoms with Gasteiger partial charge in [0.15, 0.2) is 0 Å². The molecule has 0 heteroatoms. The fourth-order valence-electron chi connectivity index (χ4n) is 4.83. The first-order valence-electron chi connectivity index (χ1n) is 13.8. The Hall–Kier alpha value is -2.60. The Bertz CT molecular complexity index is 991. The molecule has 0 unspecified atom stereocenters. The molecule has 0 heterocycles. The van der Waals surface area contributed by atoms with E-state index in [0.29, 0.717) is 0 Å². The number of benzene rings is 4. The zero-order chi connectivity index (χ0) is 23.8. The van der Waals surface area contributed by atoms with Gasteiger partial charge in [0, 0.05) is 0 Å². The first-order valence-corrected chi connectivity index (χ1v) is 13.8. The number of unbranched alkanes of at least 4 members (excludes halogenated alkanes) is 11. The van der Waals surface area contributed by atoms with E-state index in [9.17, 15) is 0 Å². The Balaban J connectivity index is 0.000000206. The third-order valence-electron chi connectivity index (χ3n) is 6.83. The monoisotopic (exact) mass is 452 g/mol. The van der Waals surface area contributed by atoms with Crippen molar-refractivity contribution in [3.63, 3.8) is 0 Å². The predicted octanol–water partition coefficient (Wildman–Crippen LogP) is 11.4.